The molecule has 1 heterocycles. The highest BCUT2D eigenvalue weighted by atomic mass is 35.5. The maximum atomic E-state index is 11.9. The van der Waals surface area contributed by atoms with Crippen molar-refractivity contribution in [3.8, 4) is 16.3 Å². The van der Waals surface area contributed by atoms with Crippen molar-refractivity contribution < 1.29 is 9.53 Å². The van der Waals surface area contributed by atoms with Gasteiger partial charge >= 0.3 is 0 Å². The Kier molecular flexibility index (Phi) is 7.31. The minimum Gasteiger partial charge on any atom is -0.497 e. The summed E-state index contributed by atoms with van der Waals surface area (Å²) in [5.41, 5.74) is 6.43. The Labute approximate surface area is 140 Å². The molecule has 0 bridgehead atoms. The van der Waals surface area contributed by atoms with E-state index in [0.717, 1.165) is 21.3 Å². The molecule has 0 spiro atoms. The molecule has 1 amide bonds. The van der Waals surface area contributed by atoms with Crippen molar-refractivity contribution in [3.63, 3.8) is 0 Å². The molecule has 0 saturated carbocycles. The van der Waals surface area contributed by atoms with Gasteiger partial charge in [0, 0.05) is 11.5 Å². The summed E-state index contributed by atoms with van der Waals surface area (Å²) in [5.74, 6) is 0.656. The van der Waals surface area contributed by atoms with Crippen LogP contribution in [0, 0.1) is 5.92 Å². The van der Waals surface area contributed by atoms with E-state index in [2.05, 4.69) is 10.3 Å². The minimum absolute atomic E-state index is 0. The third kappa shape index (κ3) is 4.69. The minimum atomic E-state index is -0.0997. The molecule has 2 aromatic rings. The van der Waals surface area contributed by atoms with Gasteiger partial charge in [0.15, 0.2) is 0 Å². The largest absolute Gasteiger partial charge is 0.497 e. The molecule has 1 aromatic carbocycles. The molecule has 0 saturated heterocycles. The number of nitrogens with zero attached hydrogens (tertiary/aromatic N) is 1. The number of anilines is 1. The summed E-state index contributed by atoms with van der Waals surface area (Å²) in [5, 5.41) is 4.46. The Morgan fingerprint density at radius 3 is 2.95 bits per heavy atom. The molecule has 120 valence electrons. The van der Waals surface area contributed by atoms with Gasteiger partial charge in [-0.15, -0.1) is 12.4 Å². The number of nitrogens with one attached hydrogen (secondary N) is 1. The summed E-state index contributed by atoms with van der Waals surface area (Å²) in [7, 11) is 1.63. The number of nitrogens with two attached hydrogens (primary N) is 1. The van der Waals surface area contributed by atoms with Crippen LogP contribution in [-0.4, -0.2) is 24.5 Å². The van der Waals surface area contributed by atoms with Gasteiger partial charge in [-0.3, -0.25) is 4.79 Å². The molecular weight excluding hydrogens is 322 g/mol. The Morgan fingerprint density at radius 2 is 2.27 bits per heavy atom. The summed E-state index contributed by atoms with van der Waals surface area (Å²) in [6.45, 7) is 2.37. The Balaban J connectivity index is 0.00000242. The number of amides is 1. The lowest BCUT2D eigenvalue weighted by Gasteiger charge is -2.08. The lowest BCUT2D eigenvalue weighted by atomic mass is 10.1. The van der Waals surface area contributed by atoms with Crippen molar-refractivity contribution in [2.45, 2.75) is 13.3 Å². The molecular formula is C15H20ClN3O2S. The summed E-state index contributed by atoms with van der Waals surface area (Å²) in [4.78, 5) is 16.3. The third-order valence-electron chi connectivity index (χ3n) is 3.12. The zero-order valence-corrected chi connectivity index (χ0v) is 14.2. The van der Waals surface area contributed by atoms with Crippen LogP contribution >= 0.6 is 23.7 Å². The Hall–Kier alpha value is -1.63. The van der Waals surface area contributed by atoms with Crippen LogP contribution in [0.3, 0.4) is 0 Å². The summed E-state index contributed by atoms with van der Waals surface area (Å²) in [6.07, 6.45) is 2.35. The van der Waals surface area contributed by atoms with Crippen molar-refractivity contribution in [2.75, 3.05) is 19.0 Å². The van der Waals surface area contributed by atoms with Crippen LogP contribution in [0.5, 0.6) is 5.75 Å². The molecule has 0 radical (unpaired) electrons. The number of aromatic nitrogens is 1. The number of carbonyl (C=O) groups is 1. The first-order valence-electron chi connectivity index (χ1n) is 6.75. The molecule has 0 aliphatic heterocycles. The van der Waals surface area contributed by atoms with Crippen molar-refractivity contribution >= 4 is 34.7 Å². The van der Waals surface area contributed by atoms with Crippen LogP contribution in [0.4, 0.5) is 5.00 Å². The second-order valence-electron chi connectivity index (χ2n) is 4.73. The number of hydrogen-bond donors (Lipinski definition) is 2. The maximum Gasteiger partial charge on any atom is 0.227 e. The number of thiazole rings is 1. The highest BCUT2D eigenvalue weighted by Gasteiger charge is 2.14. The van der Waals surface area contributed by atoms with Crippen LogP contribution in [0.25, 0.3) is 10.6 Å². The maximum absolute atomic E-state index is 11.9. The standard InChI is InChI=1S/C15H19N3O2S.ClH/c1-10(6-7-16)14(19)18-13-9-17-15(21-13)11-4-3-5-12(8-11)20-2;/h3-5,8-10H,6-7,16H2,1-2H3,(H,18,19);1H/t10-;/m0./s1. The molecule has 0 unspecified atom stereocenters. The van der Waals surface area contributed by atoms with Gasteiger partial charge in [-0.1, -0.05) is 30.4 Å². The number of rotatable bonds is 6. The molecule has 0 fully saturated rings. The van der Waals surface area contributed by atoms with Gasteiger partial charge in [-0.25, -0.2) is 4.98 Å². The molecule has 22 heavy (non-hydrogen) atoms. The molecule has 1 aromatic heterocycles. The van der Waals surface area contributed by atoms with Gasteiger partial charge < -0.3 is 15.8 Å². The van der Waals surface area contributed by atoms with Gasteiger partial charge in [0.25, 0.3) is 0 Å². The van der Waals surface area contributed by atoms with E-state index in [1.807, 2.05) is 31.2 Å². The van der Waals surface area contributed by atoms with Crippen LogP contribution in [-0.2, 0) is 4.79 Å². The van der Waals surface area contributed by atoms with Crippen molar-refractivity contribution in [3.05, 3.63) is 30.5 Å². The van der Waals surface area contributed by atoms with Crippen LogP contribution in [0.15, 0.2) is 30.5 Å². The van der Waals surface area contributed by atoms with Gasteiger partial charge in [0.1, 0.15) is 15.8 Å². The van der Waals surface area contributed by atoms with E-state index in [1.165, 1.54) is 11.3 Å². The predicted molar refractivity (Wildman–Crippen MR) is 92.8 cm³/mol. The van der Waals surface area contributed by atoms with E-state index in [-0.39, 0.29) is 24.2 Å². The second-order valence-corrected chi connectivity index (χ2v) is 5.76. The van der Waals surface area contributed by atoms with E-state index in [1.54, 1.807) is 13.3 Å². The molecule has 0 aliphatic rings. The van der Waals surface area contributed by atoms with Crippen molar-refractivity contribution in [2.24, 2.45) is 11.7 Å². The zero-order chi connectivity index (χ0) is 15.2. The van der Waals surface area contributed by atoms with Gasteiger partial charge in [0.05, 0.1) is 13.3 Å². The highest BCUT2D eigenvalue weighted by molar-refractivity contribution is 7.19. The number of methoxy groups -OCH3 is 1. The monoisotopic (exact) mass is 341 g/mol. The first-order chi connectivity index (χ1) is 10.1. The van der Waals surface area contributed by atoms with E-state index in [9.17, 15) is 4.79 Å². The fraction of sp³-hybridized carbons (Fsp3) is 0.333. The smallest absolute Gasteiger partial charge is 0.227 e. The molecule has 2 rings (SSSR count). The van der Waals surface area contributed by atoms with E-state index in [0.29, 0.717) is 13.0 Å². The average molecular weight is 342 g/mol. The summed E-state index contributed by atoms with van der Waals surface area (Å²) >= 11 is 1.44. The van der Waals surface area contributed by atoms with Crippen LogP contribution in [0.1, 0.15) is 13.3 Å². The highest BCUT2D eigenvalue weighted by Crippen LogP contribution is 2.30. The number of carbonyl (C=O) groups excluding carboxylic acids is 1. The van der Waals surface area contributed by atoms with E-state index >= 15 is 0 Å². The number of ether oxygens (including phenoxy) is 1. The Bertz CT molecular complexity index is 618. The average Bonchev–Trinajstić information content (AvgIpc) is 2.96. The third-order valence-corrected chi connectivity index (χ3v) is 4.08. The number of halogens is 1. The van der Waals surface area contributed by atoms with E-state index in [4.69, 9.17) is 10.5 Å². The molecule has 7 heteroatoms. The summed E-state index contributed by atoms with van der Waals surface area (Å²) < 4.78 is 5.20. The topological polar surface area (TPSA) is 77.2 Å². The van der Waals surface area contributed by atoms with Crippen LogP contribution in [0.2, 0.25) is 0 Å². The predicted octanol–water partition coefficient (Wildman–Crippen LogP) is 3.16. The van der Waals surface area contributed by atoms with Crippen LogP contribution < -0.4 is 15.8 Å². The number of benzene rings is 1. The summed E-state index contributed by atoms with van der Waals surface area (Å²) in [6, 6.07) is 7.68. The van der Waals surface area contributed by atoms with Crippen molar-refractivity contribution in [1.29, 1.82) is 0 Å². The molecule has 5 nitrogen and oxygen atoms in total. The second kappa shape index (κ2) is 8.73. The first-order valence-corrected chi connectivity index (χ1v) is 7.57. The Morgan fingerprint density at radius 1 is 1.50 bits per heavy atom. The molecule has 3 N–H and O–H groups in total. The van der Waals surface area contributed by atoms with E-state index < -0.39 is 0 Å². The lowest BCUT2D eigenvalue weighted by Crippen LogP contribution is -2.22. The zero-order valence-electron chi connectivity index (χ0n) is 12.5. The number of hydrogen-bond acceptors (Lipinski definition) is 5. The van der Waals surface area contributed by atoms with Gasteiger partial charge in [-0.2, -0.15) is 0 Å². The quantitative estimate of drug-likeness (QED) is 0.846. The van der Waals surface area contributed by atoms with Crippen molar-refractivity contribution in [1.82, 2.24) is 4.98 Å². The van der Waals surface area contributed by atoms with Gasteiger partial charge in [0.2, 0.25) is 5.91 Å². The molecule has 0 aliphatic carbocycles. The molecule has 1 atom stereocenters. The SMILES string of the molecule is COc1cccc(-c2ncc(NC(=O)[C@@H](C)CCN)s2)c1.Cl. The first kappa shape index (κ1) is 18.4. The van der Waals surface area contributed by atoms with Gasteiger partial charge in [-0.05, 0) is 25.1 Å². The fourth-order valence-corrected chi connectivity index (χ4v) is 2.66. The lowest BCUT2D eigenvalue weighted by molar-refractivity contribution is -0.119. The normalized spacial score (nSPS) is 11.4. The fourth-order valence-electron chi connectivity index (χ4n) is 1.85.